The minimum Gasteiger partial charge on any atom is -0.326 e. The molecule has 7 heteroatoms. The SMILES string of the molecule is CC(C)(C)S(=O)(=O)NC1CC(F)(F)CC1N. The molecule has 0 radical (unpaired) electrons. The second kappa shape index (κ2) is 3.89. The molecule has 0 heterocycles. The minimum atomic E-state index is -3.63. The molecule has 0 spiro atoms. The highest BCUT2D eigenvalue weighted by Crippen LogP contribution is 2.35. The first-order chi connectivity index (χ1) is 6.95. The van der Waals surface area contributed by atoms with E-state index in [1.54, 1.807) is 0 Å². The van der Waals surface area contributed by atoms with Crippen molar-refractivity contribution >= 4 is 10.0 Å². The van der Waals surface area contributed by atoms with Gasteiger partial charge in [0.05, 0.1) is 4.75 Å². The molecule has 1 fully saturated rings. The van der Waals surface area contributed by atoms with Gasteiger partial charge in [-0.25, -0.2) is 21.9 Å². The Morgan fingerprint density at radius 2 is 1.81 bits per heavy atom. The van der Waals surface area contributed by atoms with Crippen LogP contribution in [-0.2, 0) is 10.0 Å². The van der Waals surface area contributed by atoms with E-state index >= 15 is 0 Å². The van der Waals surface area contributed by atoms with E-state index in [1.165, 1.54) is 20.8 Å². The Morgan fingerprint density at radius 3 is 2.12 bits per heavy atom. The zero-order chi connectivity index (χ0) is 12.8. The van der Waals surface area contributed by atoms with Gasteiger partial charge in [0.15, 0.2) is 0 Å². The van der Waals surface area contributed by atoms with Crippen LogP contribution in [0.25, 0.3) is 0 Å². The summed E-state index contributed by atoms with van der Waals surface area (Å²) in [5, 5.41) is 0. The predicted molar refractivity (Wildman–Crippen MR) is 57.8 cm³/mol. The molecule has 1 aliphatic rings. The molecule has 1 rings (SSSR count). The van der Waals surface area contributed by atoms with E-state index < -0.39 is 45.6 Å². The van der Waals surface area contributed by atoms with Crippen LogP contribution >= 0.6 is 0 Å². The fourth-order valence-electron chi connectivity index (χ4n) is 1.55. The lowest BCUT2D eigenvalue weighted by Gasteiger charge is -2.24. The third kappa shape index (κ3) is 2.89. The Kier molecular flexibility index (Phi) is 3.35. The van der Waals surface area contributed by atoms with E-state index in [1.807, 2.05) is 0 Å². The third-order valence-corrected chi connectivity index (χ3v) is 4.91. The normalized spacial score (nSPS) is 30.6. The summed E-state index contributed by atoms with van der Waals surface area (Å²) in [6.07, 6.45) is -0.992. The van der Waals surface area contributed by atoms with E-state index in [9.17, 15) is 17.2 Å². The molecule has 0 bridgehead atoms. The van der Waals surface area contributed by atoms with Crippen molar-refractivity contribution in [2.75, 3.05) is 0 Å². The van der Waals surface area contributed by atoms with Crippen LogP contribution in [0.3, 0.4) is 0 Å². The molecule has 0 saturated heterocycles. The first-order valence-corrected chi connectivity index (χ1v) is 6.58. The lowest BCUT2D eigenvalue weighted by atomic mass is 10.2. The van der Waals surface area contributed by atoms with Crippen LogP contribution in [0, 0.1) is 0 Å². The van der Waals surface area contributed by atoms with Gasteiger partial charge in [-0.05, 0) is 20.8 Å². The van der Waals surface area contributed by atoms with Gasteiger partial charge in [0.25, 0.3) is 5.92 Å². The zero-order valence-corrected chi connectivity index (χ0v) is 10.4. The molecule has 0 amide bonds. The number of nitrogens with one attached hydrogen (secondary N) is 1. The molecule has 0 aromatic carbocycles. The van der Waals surface area contributed by atoms with Crippen molar-refractivity contribution in [3.05, 3.63) is 0 Å². The number of hydrogen-bond donors (Lipinski definition) is 2. The highest BCUT2D eigenvalue weighted by atomic mass is 32.2. The second-order valence-corrected chi connectivity index (χ2v) is 7.74. The minimum absolute atomic E-state index is 0.468. The quantitative estimate of drug-likeness (QED) is 0.768. The van der Waals surface area contributed by atoms with E-state index in [2.05, 4.69) is 4.72 Å². The number of halogens is 2. The van der Waals surface area contributed by atoms with Gasteiger partial charge in [-0.15, -0.1) is 0 Å². The zero-order valence-electron chi connectivity index (χ0n) is 9.63. The Morgan fingerprint density at radius 1 is 1.31 bits per heavy atom. The second-order valence-electron chi connectivity index (χ2n) is 5.27. The molecule has 1 aliphatic carbocycles. The van der Waals surface area contributed by atoms with Gasteiger partial charge in [-0.3, -0.25) is 0 Å². The fraction of sp³-hybridized carbons (Fsp3) is 1.00. The first kappa shape index (κ1) is 13.8. The topological polar surface area (TPSA) is 72.2 Å². The summed E-state index contributed by atoms with van der Waals surface area (Å²) in [5.41, 5.74) is 5.50. The lowest BCUT2D eigenvalue weighted by molar-refractivity contribution is 0.00655. The van der Waals surface area contributed by atoms with Crippen molar-refractivity contribution < 1.29 is 17.2 Å². The summed E-state index contributed by atoms with van der Waals surface area (Å²) in [6, 6.07) is -1.70. The number of sulfonamides is 1. The highest BCUT2D eigenvalue weighted by Gasteiger charge is 2.47. The summed E-state index contributed by atoms with van der Waals surface area (Å²) in [4.78, 5) is 0. The van der Waals surface area contributed by atoms with Gasteiger partial charge in [0.1, 0.15) is 0 Å². The van der Waals surface area contributed by atoms with Crippen molar-refractivity contribution in [2.24, 2.45) is 5.73 Å². The standard InChI is InChI=1S/C9H18F2N2O2S/c1-8(2,3)16(14,15)13-7-5-9(10,11)4-6(7)12/h6-7,13H,4-5,12H2,1-3H3. The third-order valence-electron chi connectivity index (χ3n) is 2.68. The van der Waals surface area contributed by atoms with Gasteiger partial charge in [-0.2, -0.15) is 0 Å². The average molecular weight is 256 g/mol. The molecule has 0 aliphatic heterocycles. The van der Waals surface area contributed by atoms with Crippen molar-refractivity contribution in [1.82, 2.24) is 4.72 Å². The van der Waals surface area contributed by atoms with E-state index in [-0.39, 0.29) is 0 Å². The van der Waals surface area contributed by atoms with Crippen LogP contribution in [0.5, 0.6) is 0 Å². The number of nitrogens with two attached hydrogens (primary N) is 1. The van der Waals surface area contributed by atoms with Crippen LogP contribution in [0.2, 0.25) is 0 Å². The molecule has 0 aromatic rings. The van der Waals surface area contributed by atoms with E-state index in [4.69, 9.17) is 5.73 Å². The molecule has 1 saturated carbocycles. The first-order valence-electron chi connectivity index (χ1n) is 5.10. The predicted octanol–water partition coefficient (Wildman–Crippen LogP) is 0.829. The van der Waals surface area contributed by atoms with Gasteiger partial charge >= 0.3 is 0 Å². The molecule has 4 nitrogen and oxygen atoms in total. The number of alkyl halides is 2. The number of rotatable bonds is 2. The Bertz CT molecular complexity index is 362. The van der Waals surface area contributed by atoms with E-state index in [0.717, 1.165) is 0 Å². The maximum absolute atomic E-state index is 13.0. The molecule has 2 unspecified atom stereocenters. The Labute approximate surface area is 94.6 Å². The molecule has 16 heavy (non-hydrogen) atoms. The maximum atomic E-state index is 13.0. The molecule has 2 atom stereocenters. The van der Waals surface area contributed by atoms with E-state index in [0.29, 0.717) is 0 Å². The van der Waals surface area contributed by atoms with Crippen LogP contribution in [0.1, 0.15) is 33.6 Å². The van der Waals surface area contributed by atoms with Gasteiger partial charge in [0.2, 0.25) is 10.0 Å². The summed E-state index contributed by atoms with van der Waals surface area (Å²) >= 11 is 0. The molecule has 3 N–H and O–H groups in total. The van der Waals surface area contributed by atoms with Crippen LogP contribution < -0.4 is 10.5 Å². The summed E-state index contributed by atoms with van der Waals surface area (Å²) in [7, 11) is -3.63. The lowest BCUT2D eigenvalue weighted by Crippen LogP contribution is -2.49. The Balaban J connectivity index is 2.78. The maximum Gasteiger partial charge on any atom is 0.251 e. The van der Waals surface area contributed by atoms with Crippen molar-refractivity contribution in [1.29, 1.82) is 0 Å². The van der Waals surface area contributed by atoms with Crippen LogP contribution in [0.15, 0.2) is 0 Å². The van der Waals surface area contributed by atoms with Crippen LogP contribution in [0.4, 0.5) is 8.78 Å². The van der Waals surface area contributed by atoms with Crippen molar-refractivity contribution in [3.8, 4) is 0 Å². The van der Waals surface area contributed by atoms with Crippen molar-refractivity contribution in [3.63, 3.8) is 0 Å². The summed E-state index contributed by atoms with van der Waals surface area (Å²) in [6.45, 7) is 4.52. The van der Waals surface area contributed by atoms with Gasteiger partial charge in [-0.1, -0.05) is 0 Å². The summed E-state index contributed by atoms with van der Waals surface area (Å²) in [5.74, 6) is -2.87. The monoisotopic (exact) mass is 256 g/mol. The van der Waals surface area contributed by atoms with Crippen molar-refractivity contribution in [2.45, 2.75) is 56.4 Å². The Hall–Kier alpha value is -0.270. The molecule has 0 aromatic heterocycles. The summed E-state index contributed by atoms with van der Waals surface area (Å²) < 4.78 is 50.8. The molecular weight excluding hydrogens is 238 g/mol. The smallest absolute Gasteiger partial charge is 0.251 e. The van der Waals surface area contributed by atoms with Crippen LogP contribution in [-0.4, -0.2) is 31.2 Å². The number of hydrogen-bond acceptors (Lipinski definition) is 3. The highest BCUT2D eigenvalue weighted by molar-refractivity contribution is 7.90. The van der Waals surface area contributed by atoms with Gasteiger partial charge in [0, 0.05) is 24.9 Å². The molecule has 96 valence electrons. The van der Waals surface area contributed by atoms with Gasteiger partial charge < -0.3 is 5.73 Å². The fourth-order valence-corrected chi connectivity index (χ4v) is 2.56. The molecular formula is C9H18F2N2O2S. The average Bonchev–Trinajstić information content (AvgIpc) is 2.20. The largest absolute Gasteiger partial charge is 0.326 e.